The lowest BCUT2D eigenvalue weighted by Crippen LogP contribution is -2.20. The number of sulfonamides is 1. The second-order valence-corrected chi connectivity index (χ2v) is 6.80. The Morgan fingerprint density at radius 3 is 2.43 bits per heavy atom. The maximum atomic E-state index is 11.4. The average molecular weight is 314 g/mol. The van der Waals surface area contributed by atoms with Gasteiger partial charge in [0.05, 0.1) is 15.9 Å². The summed E-state index contributed by atoms with van der Waals surface area (Å²) in [6.45, 7) is 1.54. The second-order valence-electron chi connectivity index (χ2n) is 5.27. The third kappa shape index (κ3) is 3.70. The molecule has 0 radical (unpaired) electrons. The molecule has 8 heteroatoms. The van der Waals surface area contributed by atoms with Crippen LogP contribution >= 0.6 is 0 Å². The molecule has 0 heterocycles. The van der Waals surface area contributed by atoms with Gasteiger partial charge in [-0.1, -0.05) is 6.42 Å². The van der Waals surface area contributed by atoms with Gasteiger partial charge in [0.15, 0.2) is 5.75 Å². The van der Waals surface area contributed by atoms with Crippen LogP contribution in [0.4, 0.5) is 5.69 Å². The van der Waals surface area contributed by atoms with E-state index in [2.05, 4.69) is 0 Å². The quantitative estimate of drug-likeness (QED) is 0.676. The Labute approximate surface area is 123 Å². The number of hydrogen-bond donors (Lipinski definition) is 1. The summed E-state index contributed by atoms with van der Waals surface area (Å²) in [5.41, 5.74) is -0.0240. The lowest BCUT2D eigenvalue weighted by Gasteiger charge is -2.23. The number of hydrogen-bond acceptors (Lipinski definition) is 5. The van der Waals surface area contributed by atoms with E-state index in [9.17, 15) is 18.5 Å². The van der Waals surface area contributed by atoms with Gasteiger partial charge in [-0.3, -0.25) is 10.1 Å². The molecule has 0 saturated heterocycles. The van der Waals surface area contributed by atoms with E-state index in [1.807, 2.05) is 0 Å². The lowest BCUT2D eigenvalue weighted by molar-refractivity contribution is -0.386. The van der Waals surface area contributed by atoms with Crippen LogP contribution in [0.1, 0.15) is 37.7 Å². The third-order valence-electron chi connectivity index (χ3n) is 3.61. The van der Waals surface area contributed by atoms with Crippen molar-refractivity contribution in [2.75, 3.05) is 0 Å². The first-order valence-electron chi connectivity index (χ1n) is 6.77. The smallest absolute Gasteiger partial charge is 0.312 e. The zero-order chi connectivity index (χ0) is 15.6. The molecule has 21 heavy (non-hydrogen) atoms. The number of nitro groups is 1. The fourth-order valence-electron chi connectivity index (χ4n) is 2.56. The zero-order valence-electron chi connectivity index (χ0n) is 11.7. The van der Waals surface area contributed by atoms with Crippen LogP contribution in [0.5, 0.6) is 5.75 Å². The monoisotopic (exact) mass is 314 g/mol. The molecule has 2 N–H and O–H groups in total. The van der Waals surface area contributed by atoms with Crippen molar-refractivity contribution in [1.82, 2.24) is 0 Å². The van der Waals surface area contributed by atoms with Gasteiger partial charge in [0.2, 0.25) is 10.0 Å². The van der Waals surface area contributed by atoms with Crippen molar-refractivity contribution in [2.24, 2.45) is 5.14 Å². The predicted molar refractivity (Wildman–Crippen MR) is 76.7 cm³/mol. The molecular weight excluding hydrogens is 296 g/mol. The van der Waals surface area contributed by atoms with Crippen molar-refractivity contribution < 1.29 is 18.1 Å². The molecule has 0 spiro atoms. The van der Waals surface area contributed by atoms with Gasteiger partial charge in [-0.15, -0.1) is 0 Å². The highest BCUT2D eigenvalue weighted by atomic mass is 32.2. The molecule has 1 aromatic carbocycles. The predicted octanol–water partition coefficient (Wildman–Crippen LogP) is 2.26. The lowest BCUT2D eigenvalue weighted by atomic mass is 9.98. The molecule has 7 nitrogen and oxygen atoms in total. The van der Waals surface area contributed by atoms with E-state index in [1.165, 1.54) is 13.0 Å². The van der Waals surface area contributed by atoms with Crippen LogP contribution in [0.25, 0.3) is 0 Å². The van der Waals surface area contributed by atoms with Crippen LogP contribution in [0.3, 0.4) is 0 Å². The minimum Gasteiger partial charge on any atom is -0.483 e. The Bertz CT molecular complexity index is 651. The summed E-state index contributed by atoms with van der Waals surface area (Å²) in [5.74, 6) is 0.108. The van der Waals surface area contributed by atoms with Gasteiger partial charge in [-0.05, 0) is 44.2 Å². The molecule has 2 rings (SSSR count). The van der Waals surface area contributed by atoms with Crippen LogP contribution in [0.15, 0.2) is 17.0 Å². The highest BCUT2D eigenvalue weighted by Gasteiger charge is 2.25. The Hall–Kier alpha value is -1.67. The van der Waals surface area contributed by atoms with Crippen LogP contribution in [-0.2, 0) is 10.0 Å². The first-order valence-corrected chi connectivity index (χ1v) is 8.32. The van der Waals surface area contributed by atoms with Crippen LogP contribution in [-0.4, -0.2) is 19.4 Å². The van der Waals surface area contributed by atoms with Crippen molar-refractivity contribution in [3.8, 4) is 5.75 Å². The maximum absolute atomic E-state index is 11.4. The largest absolute Gasteiger partial charge is 0.483 e. The fraction of sp³-hybridized carbons (Fsp3) is 0.538. The highest BCUT2D eigenvalue weighted by Crippen LogP contribution is 2.34. The van der Waals surface area contributed by atoms with Gasteiger partial charge in [0.1, 0.15) is 0 Å². The fourth-order valence-corrected chi connectivity index (χ4v) is 3.34. The number of nitro benzene ring substituents is 1. The van der Waals surface area contributed by atoms with Gasteiger partial charge in [-0.25, -0.2) is 13.6 Å². The Morgan fingerprint density at radius 2 is 1.90 bits per heavy atom. The minimum absolute atomic E-state index is 0.0582. The van der Waals surface area contributed by atoms with E-state index >= 15 is 0 Å². The topological polar surface area (TPSA) is 113 Å². The molecule has 1 fully saturated rings. The molecule has 1 aliphatic rings. The van der Waals surface area contributed by atoms with E-state index in [4.69, 9.17) is 9.88 Å². The highest BCUT2D eigenvalue weighted by molar-refractivity contribution is 7.89. The first-order chi connectivity index (χ1) is 9.79. The first kappa shape index (κ1) is 15.7. The number of aryl methyl sites for hydroxylation is 1. The molecule has 0 bridgehead atoms. The molecule has 0 unspecified atom stereocenters. The van der Waals surface area contributed by atoms with Gasteiger partial charge in [0.25, 0.3) is 0 Å². The Morgan fingerprint density at radius 1 is 1.29 bits per heavy atom. The molecule has 116 valence electrons. The van der Waals surface area contributed by atoms with E-state index < -0.39 is 14.9 Å². The number of rotatable bonds is 4. The number of benzene rings is 1. The summed E-state index contributed by atoms with van der Waals surface area (Å²) in [4.78, 5) is 10.3. The summed E-state index contributed by atoms with van der Waals surface area (Å²) in [5, 5.41) is 16.2. The molecule has 1 aliphatic carbocycles. The van der Waals surface area contributed by atoms with Crippen LogP contribution < -0.4 is 9.88 Å². The molecular formula is C13H18N2O5S. The van der Waals surface area contributed by atoms with Gasteiger partial charge in [-0.2, -0.15) is 0 Å². The average Bonchev–Trinajstić information content (AvgIpc) is 2.38. The van der Waals surface area contributed by atoms with Gasteiger partial charge in [0, 0.05) is 6.07 Å². The van der Waals surface area contributed by atoms with Crippen molar-refractivity contribution in [3.05, 3.63) is 27.8 Å². The molecule has 0 amide bonds. The molecule has 1 saturated carbocycles. The van der Waals surface area contributed by atoms with Crippen LogP contribution in [0, 0.1) is 17.0 Å². The summed E-state index contributed by atoms with van der Waals surface area (Å²) >= 11 is 0. The Kier molecular flexibility index (Phi) is 4.48. The SMILES string of the molecule is Cc1cc(OC2CCCCC2)c([N+](=O)[O-])cc1S(N)(=O)=O. The number of primary sulfonamides is 1. The van der Waals surface area contributed by atoms with Gasteiger partial charge < -0.3 is 4.74 Å². The number of nitrogens with zero attached hydrogens (tertiary/aromatic N) is 1. The van der Waals surface area contributed by atoms with Crippen molar-refractivity contribution in [1.29, 1.82) is 0 Å². The van der Waals surface area contributed by atoms with E-state index in [1.54, 1.807) is 0 Å². The molecule has 0 aliphatic heterocycles. The van der Waals surface area contributed by atoms with Crippen molar-refractivity contribution in [2.45, 2.75) is 50.0 Å². The summed E-state index contributed by atoms with van der Waals surface area (Å²) in [6, 6.07) is 2.36. The Balaban J connectivity index is 2.40. The number of ether oxygens (including phenoxy) is 1. The van der Waals surface area contributed by atoms with Crippen molar-refractivity contribution in [3.63, 3.8) is 0 Å². The summed E-state index contributed by atoms with van der Waals surface area (Å²) in [6.07, 6.45) is 4.86. The maximum Gasteiger partial charge on any atom is 0.312 e. The third-order valence-corrected chi connectivity index (χ3v) is 4.66. The summed E-state index contributed by atoms with van der Waals surface area (Å²) in [7, 11) is -4.00. The molecule has 1 aromatic rings. The second kappa shape index (κ2) is 5.98. The normalized spacial score (nSPS) is 16.7. The molecule has 0 aromatic heterocycles. The van der Waals surface area contributed by atoms with E-state index in [0.29, 0.717) is 5.56 Å². The zero-order valence-corrected chi connectivity index (χ0v) is 12.6. The van der Waals surface area contributed by atoms with E-state index in [0.717, 1.165) is 38.2 Å². The van der Waals surface area contributed by atoms with Crippen molar-refractivity contribution >= 4 is 15.7 Å². The number of nitrogens with two attached hydrogens (primary N) is 1. The summed E-state index contributed by atoms with van der Waals surface area (Å²) < 4.78 is 28.6. The van der Waals surface area contributed by atoms with Gasteiger partial charge >= 0.3 is 5.69 Å². The molecule has 0 atom stereocenters. The minimum atomic E-state index is -4.00. The standard InChI is InChI=1S/C13H18N2O5S/c1-9-7-12(20-10-5-3-2-4-6-10)11(15(16)17)8-13(9)21(14,18)19/h7-8,10H,2-6H2,1H3,(H2,14,18,19). The van der Waals surface area contributed by atoms with Crippen LogP contribution in [0.2, 0.25) is 0 Å². The van der Waals surface area contributed by atoms with E-state index in [-0.39, 0.29) is 22.4 Å².